The van der Waals surface area contributed by atoms with Crippen LogP contribution in [0.3, 0.4) is 0 Å². The van der Waals surface area contributed by atoms with Gasteiger partial charge in [0, 0.05) is 47.8 Å². The Morgan fingerprint density at radius 2 is 1.89 bits per heavy atom. The van der Waals surface area contributed by atoms with Crippen molar-refractivity contribution >= 4 is 23.4 Å². The molecule has 0 amide bonds. The van der Waals surface area contributed by atoms with Crippen molar-refractivity contribution in [2.75, 3.05) is 0 Å². The number of benzene rings is 1. The SMILES string of the molecule is CCCCCC#Cc1cncc(-c2ccc(SCc3ccc(Cl)cc3)n2C)c1. The third-order valence-corrected chi connectivity index (χ3v) is 5.98. The Kier molecular flexibility index (Phi) is 7.65. The maximum absolute atomic E-state index is 5.97. The standard InChI is InChI=1S/C24H25ClN2S/c1-3-4-5-6-7-8-20-15-21(17-26-16-20)23-13-14-24(27(23)2)28-18-19-9-11-22(25)12-10-19/h9-17H,3-6,18H2,1-2H3. The molecule has 0 radical (unpaired) electrons. The number of nitrogens with zero attached hydrogens (tertiary/aromatic N) is 2. The highest BCUT2D eigenvalue weighted by Crippen LogP contribution is 2.29. The van der Waals surface area contributed by atoms with E-state index in [4.69, 9.17) is 11.6 Å². The second kappa shape index (κ2) is 10.4. The van der Waals surface area contributed by atoms with Crippen LogP contribution in [0.1, 0.15) is 43.7 Å². The summed E-state index contributed by atoms with van der Waals surface area (Å²) in [5, 5.41) is 2.00. The maximum atomic E-state index is 5.97. The molecule has 0 aliphatic carbocycles. The summed E-state index contributed by atoms with van der Waals surface area (Å²) in [5.41, 5.74) is 4.49. The molecule has 0 unspecified atom stereocenters. The lowest BCUT2D eigenvalue weighted by atomic mass is 10.1. The van der Waals surface area contributed by atoms with E-state index >= 15 is 0 Å². The van der Waals surface area contributed by atoms with Crippen LogP contribution in [-0.4, -0.2) is 9.55 Å². The van der Waals surface area contributed by atoms with Crippen molar-refractivity contribution in [2.24, 2.45) is 7.05 Å². The van der Waals surface area contributed by atoms with Crippen LogP contribution >= 0.6 is 23.4 Å². The van der Waals surface area contributed by atoms with E-state index in [-0.39, 0.29) is 0 Å². The Bertz CT molecular complexity index is 964. The van der Waals surface area contributed by atoms with Gasteiger partial charge in [-0.15, -0.1) is 11.8 Å². The first-order valence-corrected chi connectivity index (χ1v) is 11.0. The second-order valence-corrected chi connectivity index (χ2v) is 8.18. The van der Waals surface area contributed by atoms with Crippen LogP contribution in [0.2, 0.25) is 5.02 Å². The molecule has 0 saturated carbocycles. The first-order valence-electron chi connectivity index (χ1n) is 9.64. The molecule has 0 saturated heterocycles. The molecule has 2 heterocycles. The Morgan fingerprint density at radius 1 is 1.07 bits per heavy atom. The molecule has 0 spiro atoms. The van der Waals surface area contributed by atoms with Gasteiger partial charge in [0.1, 0.15) is 0 Å². The monoisotopic (exact) mass is 408 g/mol. The number of hydrogen-bond donors (Lipinski definition) is 0. The number of halogens is 1. The number of aromatic nitrogens is 2. The van der Waals surface area contributed by atoms with Crippen molar-refractivity contribution < 1.29 is 0 Å². The maximum Gasteiger partial charge on any atom is 0.0753 e. The fraction of sp³-hybridized carbons (Fsp3) is 0.292. The summed E-state index contributed by atoms with van der Waals surface area (Å²) in [6.45, 7) is 2.21. The van der Waals surface area contributed by atoms with E-state index in [0.717, 1.165) is 34.0 Å². The van der Waals surface area contributed by atoms with E-state index in [1.165, 1.54) is 29.9 Å². The van der Waals surface area contributed by atoms with Gasteiger partial charge in [-0.2, -0.15) is 0 Å². The van der Waals surface area contributed by atoms with Gasteiger partial charge in [-0.3, -0.25) is 4.98 Å². The van der Waals surface area contributed by atoms with E-state index in [1.807, 2.05) is 36.3 Å². The summed E-state index contributed by atoms with van der Waals surface area (Å²) >= 11 is 7.78. The topological polar surface area (TPSA) is 17.8 Å². The summed E-state index contributed by atoms with van der Waals surface area (Å²) in [7, 11) is 2.10. The number of rotatable bonds is 7. The molecular formula is C24H25ClN2S. The molecule has 0 aliphatic heterocycles. The van der Waals surface area contributed by atoms with Crippen LogP contribution in [0, 0.1) is 11.8 Å². The fourth-order valence-corrected chi connectivity index (χ4v) is 4.03. The third-order valence-electron chi connectivity index (χ3n) is 4.55. The van der Waals surface area contributed by atoms with E-state index in [0.29, 0.717) is 0 Å². The molecule has 2 nitrogen and oxygen atoms in total. The molecule has 0 fully saturated rings. The van der Waals surface area contributed by atoms with Gasteiger partial charge in [0.2, 0.25) is 0 Å². The Balaban J connectivity index is 1.69. The highest BCUT2D eigenvalue weighted by atomic mass is 35.5. The normalized spacial score (nSPS) is 10.5. The van der Waals surface area contributed by atoms with E-state index in [9.17, 15) is 0 Å². The summed E-state index contributed by atoms with van der Waals surface area (Å²) < 4.78 is 2.22. The van der Waals surface area contributed by atoms with Crippen molar-refractivity contribution in [3.05, 3.63) is 71.0 Å². The number of pyridine rings is 1. The molecule has 3 aromatic rings. The van der Waals surface area contributed by atoms with Gasteiger partial charge in [-0.05, 0) is 42.3 Å². The highest BCUT2D eigenvalue weighted by molar-refractivity contribution is 7.98. The van der Waals surface area contributed by atoms with Crippen molar-refractivity contribution in [3.8, 4) is 23.1 Å². The van der Waals surface area contributed by atoms with Gasteiger partial charge in [-0.1, -0.05) is 55.3 Å². The largest absolute Gasteiger partial charge is 0.339 e. The lowest BCUT2D eigenvalue weighted by Crippen LogP contribution is -1.95. The smallest absolute Gasteiger partial charge is 0.0753 e. The Morgan fingerprint density at radius 3 is 2.68 bits per heavy atom. The minimum Gasteiger partial charge on any atom is -0.339 e. The van der Waals surface area contributed by atoms with Gasteiger partial charge in [0.05, 0.1) is 10.7 Å². The number of thioether (sulfide) groups is 1. The van der Waals surface area contributed by atoms with Gasteiger partial charge >= 0.3 is 0 Å². The second-order valence-electron chi connectivity index (χ2n) is 6.75. The first-order chi connectivity index (χ1) is 13.7. The number of unbranched alkanes of at least 4 members (excludes halogenated alkanes) is 3. The van der Waals surface area contributed by atoms with Crippen LogP contribution in [0.15, 0.2) is 59.9 Å². The lowest BCUT2D eigenvalue weighted by molar-refractivity contribution is 0.737. The zero-order chi connectivity index (χ0) is 19.8. The summed E-state index contributed by atoms with van der Waals surface area (Å²) in [6.07, 6.45) is 8.34. The van der Waals surface area contributed by atoms with Crippen molar-refractivity contribution in [3.63, 3.8) is 0 Å². The van der Waals surface area contributed by atoms with Crippen LogP contribution in [0.25, 0.3) is 11.3 Å². The first kappa shape index (κ1) is 20.6. The molecule has 0 bridgehead atoms. The quantitative estimate of drug-likeness (QED) is 0.239. The van der Waals surface area contributed by atoms with Gasteiger partial charge in [0.15, 0.2) is 0 Å². The summed E-state index contributed by atoms with van der Waals surface area (Å²) in [4.78, 5) is 4.39. The summed E-state index contributed by atoms with van der Waals surface area (Å²) in [6, 6.07) is 14.5. The molecule has 0 atom stereocenters. The predicted molar refractivity (Wildman–Crippen MR) is 121 cm³/mol. The molecule has 1 aromatic carbocycles. The number of hydrogen-bond acceptors (Lipinski definition) is 2. The Hall–Kier alpha value is -2.15. The van der Waals surface area contributed by atoms with Gasteiger partial charge in [0.25, 0.3) is 0 Å². The zero-order valence-electron chi connectivity index (χ0n) is 16.4. The van der Waals surface area contributed by atoms with E-state index in [2.05, 4.69) is 65.7 Å². The molecule has 144 valence electrons. The highest BCUT2D eigenvalue weighted by Gasteiger charge is 2.08. The molecule has 2 aromatic heterocycles. The van der Waals surface area contributed by atoms with Crippen molar-refractivity contribution in [1.29, 1.82) is 0 Å². The zero-order valence-corrected chi connectivity index (χ0v) is 18.0. The van der Waals surface area contributed by atoms with Crippen LogP contribution in [0.5, 0.6) is 0 Å². The van der Waals surface area contributed by atoms with Crippen LogP contribution in [0.4, 0.5) is 0 Å². The van der Waals surface area contributed by atoms with Crippen LogP contribution in [-0.2, 0) is 12.8 Å². The molecule has 0 N–H and O–H groups in total. The van der Waals surface area contributed by atoms with Crippen LogP contribution < -0.4 is 0 Å². The van der Waals surface area contributed by atoms with E-state index in [1.54, 1.807) is 0 Å². The van der Waals surface area contributed by atoms with Gasteiger partial charge < -0.3 is 4.57 Å². The summed E-state index contributed by atoms with van der Waals surface area (Å²) in [5.74, 6) is 7.43. The lowest BCUT2D eigenvalue weighted by Gasteiger charge is -2.08. The predicted octanol–water partition coefficient (Wildman–Crippen LogP) is 6.96. The van der Waals surface area contributed by atoms with E-state index < -0.39 is 0 Å². The van der Waals surface area contributed by atoms with Gasteiger partial charge in [-0.25, -0.2) is 0 Å². The average Bonchev–Trinajstić information content (AvgIpc) is 3.08. The van der Waals surface area contributed by atoms with Crippen molar-refractivity contribution in [1.82, 2.24) is 9.55 Å². The minimum absolute atomic E-state index is 0.774. The molecule has 4 heteroatoms. The fourth-order valence-electron chi connectivity index (χ4n) is 2.94. The Labute approximate surface area is 177 Å². The molecular weight excluding hydrogens is 384 g/mol. The average molecular weight is 409 g/mol. The third kappa shape index (κ3) is 5.67. The molecule has 3 rings (SSSR count). The minimum atomic E-state index is 0.774. The van der Waals surface area contributed by atoms with Crippen molar-refractivity contribution in [2.45, 2.75) is 43.4 Å². The molecule has 0 aliphatic rings. The molecule has 28 heavy (non-hydrogen) atoms.